The molecule has 0 saturated heterocycles. The van der Waals surface area contributed by atoms with Gasteiger partial charge in [0.1, 0.15) is 6.54 Å². The molecule has 0 N–H and O–H groups in total. The Morgan fingerprint density at radius 1 is 0.964 bits per heavy atom. The first-order valence-electron chi connectivity index (χ1n) is 9.20. The van der Waals surface area contributed by atoms with E-state index in [4.69, 9.17) is 0 Å². The molecule has 0 bridgehead atoms. The third kappa shape index (κ3) is 5.24. The van der Waals surface area contributed by atoms with Crippen molar-refractivity contribution < 1.29 is 21.6 Å². The van der Waals surface area contributed by atoms with Gasteiger partial charge in [-0.05, 0) is 37.1 Å². The number of likely N-dealkylation sites (N-methyl/N-ethyl adjacent to an activating group) is 1. The number of carbonyl (C=O) groups is 1. The molecule has 0 aromatic heterocycles. The number of hydrogen-bond donors (Lipinski definition) is 0. The van der Waals surface area contributed by atoms with E-state index in [2.05, 4.69) is 0 Å². The first kappa shape index (κ1) is 22.6. The molecule has 28 heavy (non-hydrogen) atoms. The van der Waals surface area contributed by atoms with E-state index < -0.39 is 20.0 Å². The number of amides is 1. The molecule has 0 atom stereocenters. The van der Waals surface area contributed by atoms with Crippen LogP contribution in [0.4, 0.5) is 5.69 Å². The highest BCUT2D eigenvalue weighted by Crippen LogP contribution is 2.24. The Balaban J connectivity index is 2.23. The molecule has 1 aliphatic carbocycles. The zero-order valence-electron chi connectivity index (χ0n) is 16.8. The molecule has 8 nitrogen and oxygen atoms in total. The Bertz CT molecular complexity index is 890. The molecule has 1 amide bonds. The second kappa shape index (κ2) is 8.79. The zero-order valence-corrected chi connectivity index (χ0v) is 18.5. The maximum atomic E-state index is 12.7. The van der Waals surface area contributed by atoms with Crippen LogP contribution in [0.3, 0.4) is 0 Å². The molecule has 0 radical (unpaired) electrons. The summed E-state index contributed by atoms with van der Waals surface area (Å²) in [5.41, 5.74) is 0.255. The van der Waals surface area contributed by atoms with E-state index in [1.807, 2.05) is 0 Å². The van der Waals surface area contributed by atoms with Crippen LogP contribution in [0.5, 0.6) is 0 Å². The average Bonchev–Trinajstić information content (AvgIpc) is 2.65. The monoisotopic (exact) mass is 431 g/mol. The molecule has 1 saturated carbocycles. The molecule has 10 heteroatoms. The normalized spacial score (nSPS) is 16.2. The van der Waals surface area contributed by atoms with Crippen LogP contribution >= 0.6 is 0 Å². The summed E-state index contributed by atoms with van der Waals surface area (Å²) in [7, 11) is -2.77. The van der Waals surface area contributed by atoms with Gasteiger partial charge in [0.15, 0.2) is 0 Å². The van der Waals surface area contributed by atoms with Crippen molar-refractivity contribution in [1.82, 2.24) is 9.21 Å². The molecular weight excluding hydrogens is 402 g/mol. The lowest BCUT2D eigenvalue weighted by molar-refractivity contribution is -0.130. The van der Waals surface area contributed by atoms with Gasteiger partial charge in [0.2, 0.25) is 26.0 Å². The van der Waals surface area contributed by atoms with Crippen molar-refractivity contribution in [2.24, 2.45) is 0 Å². The fourth-order valence-corrected chi connectivity index (χ4v) is 5.05. The average molecular weight is 432 g/mol. The van der Waals surface area contributed by atoms with Crippen LogP contribution in [0.25, 0.3) is 0 Å². The fourth-order valence-electron chi connectivity index (χ4n) is 3.30. The van der Waals surface area contributed by atoms with Crippen molar-refractivity contribution in [2.45, 2.75) is 43.0 Å². The molecule has 1 aliphatic rings. The molecule has 0 aliphatic heterocycles. The minimum Gasteiger partial charge on any atom is -0.341 e. The van der Waals surface area contributed by atoms with Gasteiger partial charge < -0.3 is 4.90 Å². The van der Waals surface area contributed by atoms with E-state index in [0.29, 0.717) is 0 Å². The molecular formula is C18H29N3O5S2. The van der Waals surface area contributed by atoms with Crippen LogP contribution in [0.2, 0.25) is 0 Å². The summed E-state index contributed by atoms with van der Waals surface area (Å²) in [5, 5.41) is 0. The number of nitrogens with zero attached hydrogens (tertiary/aromatic N) is 3. The predicted molar refractivity (Wildman–Crippen MR) is 109 cm³/mol. The van der Waals surface area contributed by atoms with Gasteiger partial charge in [-0.25, -0.2) is 21.1 Å². The molecule has 1 fully saturated rings. The molecule has 1 aromatic rings. The van der Waals surface area contributed by atoms with Crippen molar-refractivity contribution >= 4 is 31.6 Å². The van der Waals surface area contributed by atoms with Crippen molar-refractivity contribution in [3.8, 4) is 0 Å². The van der Waals surface area contributed by atoms with Crippen molar-refractivity contribution in [2.75, 3.05) is 38.2 Å². The Morgan fingerprint density at radius 2 is 1.50 bits per heavy atom. The lowest BCUT2D eigenvalue weighted by atomic mass is 9.94. The number of carbonyl (C=O) groups excluding carboxylic acids is 1. The number of anilines is 1. The highest BCUT2D eigenvalue weighted by Gasteiger charge is 2.27. The predicted octanol–water partition coefficient (Wildman–Crippen LogP) is 1.49. The molecule has 0 spiro atoms. The quantitative estimate of drug-likeness (QED) is 0.652. The summed E-state index contributed by atoms with van der Waals surface area (Å²) >= 11 is 0. The summed E-state index contributed by atoms with van der Waals surface area (Å²) in [4.78, 5) is 14.4. The van der Waals surface area contributed by atoms with Gasteiger partial charge >= 0.3 is 0 Å². The van der Waals surface area contributed by atoms with Crippen LogP contribution in [0.15, 0.2) is 29.2 Å². The third-order valence-electron chi connectivity index (χ3n) is 5.10. The Hall–Kier alpha value is -1.65. The summed E-state index contributed by atoms with van der Waals surface area (Å²) in [5.74, 6) is -0.276. The topological polar surface area (TPSA) is 95.1 Å². The Morgan fingerprint density at radius 3 is 1.96 bits per heavy atom. The first-order chi connectivity index (χ1) is 12.9. The Kier molecular flexibility index (Phi) is 7.11. The van der Waals surface area contributed by atoms with E-state index in [1.165, 1.54) is 38.4 Å². The Labute approximate surface area is 168 Å². The second-order valence-electron chi connectivity index (χ2n) is 7.35. The lowest BCUT2D eigenvalue weighted by Gasteiger charge is -2.33. The minimum atomic E-state index is -3.72. The van der Waals surface area contributed by atoms with Crippen LogP contribution in [0.1, 0.15) is 32.1 Å². The van der Waals surface area contributed by atoms with Crippen molar-refractivity contribution in [1.29, 1.82) is 0 Å². The summed E-state index contributed by atoms with van der Waals surface area (Å²) in [6.07, 6.45) is 6.19. The van der Waals surface area contributed by atoms with Gasteiger partial charge in [0, 0.05) is 27.2 Å². The SMILES string of the molecule is CN(C(=O)CN(c1ccc(S(=O)(=O)N(C)C)cc1)S(C)(=O)=O)C1CCCCC1. The van der Waals surface area contributed by atoms with E-state index in [0.717, 1.165) is 47.0 Å². The maximum Gasteiger partial charge on any atom is 0.243 e. The van der Waals surface area contributed by atoms with Gasteiger partial charge in [-0.3, -0.25) is 9.10 Å². The summed E-state index contributed by atoms with van der Waals surface area (Å²) < 4.78 is 51.0. The number of sulfonamides is 2. The van der Waals surface area contributed by atoms with Crippen LogP contribution < -0.4 is 4.31 Å². The minimum absolute atomic E-state index is 0.0559. The van der Waals surface area contributed by atoms with Gasteiger partial charge in [-0.1, -0.05) is 19.3 Å². The summed E-state index contributed by atoms with van der Waals surface area (Å²) in [6, 6.07) is 5.64. The molecule has 0 unspecified atom stereocenters. The van der Waals surface area contributed by atoms with Gasteiger partial charge in [-0.15, -0.1) is 0 Å². The van der Waals surface area contributed by atoms with E-state index in [1.54, 1.807) is 11.9 Å². The van der Waals surface area contributed by atoms with Crippen LogP contribution in [-0.2, 0) is 24.8 Å². The highest BCUT2D eigenvalue weighted by atomic mass is 32.2. The molecule has 158 valence electrons. The number of hydrogen-bond acceptors (Lipinski definition) is 5. The van der Waals surface area contributed by atoms with Gasteiger partial charge in [-0.2, -0.15) is 0 Å². The number of benzene rings is 1. The molecule has 2 rings (SSSR count). The standard InChI is InChI=1S/C18H29N3O5S2/c1-19(2)28(25,26)17-12-10-16(11-13-17)21(27(4,23)24)14-18(22)20(3)15-8-6-5-7-9-15/h10-13,15H,5-9,14H2,1-4H3. The molecule has 1 aromatic carbocycles. The fraction of sp³-hybridized carbons (Fsp3) is 0.611. The molecule has 0 heterocycles. The van der Waals surface area contributed by atoms with E-state index in [-0.39, 0.29) is 29.1 Å². The van der Waals surface area contributed by atoms with Gasteiger partial charge in [0.25, 0.3) is 0 Å². The third-order valence-corrected chi connectivity index (χ3v) is 8.07. The smallest absolute Gasteiger partial charge is 0.243 e. The van der Waals surface area contributed by atoms with E-state index in [9.17, 15) is 21.6 Å². The second-order valence-corrected chi connectivity index (χ2v) is 11.4. The zero-order chi connectivity index (χ0) is 21.1. The van der Waals surface area contributed by atoms with Crippen molar-refractivity contribution in [3.05, 3.63) is 24.3 Å². The maximum absolute atomic E-state index is 12.7. The summed E-state index contributed by atoms with van der Waals surface area (Å²) in [6.45, 7) is -0.314. The van der Waals surface area contributed by atoms with Crippen LogP contribution in [-0.4, -0.2) is 71.9 Å². The largest absolute Gasteiger partial charge is 0.341 e. The lowest BCUT2D eigenvalue weighted by Crippen LogP contribution is -2.45. The van der Waals surface area contributed by atoms with E-state index >= 15 is 0 Å². The van der Waals surface area contributed by atoms with Crippen LogP contribution in [0, 0.1) is 0 Å². The van der Waals surface area contributed by atoms with Crippen molar-refractivity contribution in [3.63, 3.8) is 0 Å². The number of rotatable bonds is 7. The van der Waals surface area contributed by atoms with Gasteiger partial charge in [0.05, 0.1) is 16.8 Å². The highest BCUT2D eigenvalue weighted by molar-refractivity contribution is 7.92. The first-order valence-corrected chi connectivity index (χ1v) is 12.5.